The number of nitro groups is 1. The fraction of sp³-hybridized carbons (Fsp3) is 0.0769. The van der Waals surface area contributed by atoms with Gasteiger partial charge in [-0.15, -0.1) is 0 Å². The molecular weight excluding hydrogens is 262 g/mol. The first-order chi connectivity index (χ1) is 9.47. The zero-order chi connectivity index (χ0) is 14.7. The number of non-ortho nitro benzene ring substituents is 1. The van der Waals surface area contributed by atoms with Crippen molar-refractivity contribution in [2.45, 2.75) is 6.92 Å². The Bertz CT molecular complexity index is 719. The number of hydrogen-bond acceptors (Lipinski definition) is 4. The molecule has 0 saturated heterocycles. The van der Waals surface area contributed by atoms with Gasteiger partial charge in [0, 0.05) is 35.8 Å². The van der Waals surface area contributed by atoms with E-state index in [2.05, 4.69) is 10.3 Å². The molecule has 20 heavy (non-hydrogen) atoms. The van der Waals surface area contributed by atoms with Crippen LogP contribution in [-0.2, 0) is 0 Å². The van der Waals surface area contributed by atoms with Gasteiger partial charge in [-0.3, -0.25) is 19.7 Å². The summed E-state index contributed by atoms with van der Waals surface area (Å²) in [6.45, 7) is 1.71. The molecule has 0 fully saturated rings. The van der Waals surface area contributed by atoms with Gasteiger partial charge in [-0.1, -0.05) is 0 Å². The number of nitrogens with zero attached hydrogens (tertiary/aromatic N) is 1. The number of hydrogen-bond donors (Lipinski definition) is 2. The van der Waals surface area contributed by atoms with E-state index in [9.17, 15) is 19.7 Å². The fourth-order valence-corrected chi connectivity index (χ4v) is 1.62. The number of pyridine rings is 1. The van der Waals surface area contributed by atoms with E-state index in [4.69, 9.17) is 0 Å². The number of nitro benzene ring substituents is 1. The highest BCUT2D eigenvalue weighted by Gasteiger charge is 2.11. The lowest BCUT2D eigenvalue weighted by Crippen LogP contribution is -2.21. The Morgan fingerprint density at radius 1 is 1.30 bits per heavy atom. The summed E-state index contributed by atoms with van der Waals surface area (Å²) in [5.74, 6) is -0.569. The van der Waals surface area contributed by atoms with Crippen molar-refractivity contribution in [3.63, 3.8) is 0 Å². The molecule has 1 amide bonds. The summed E-state index contributed by atoms with van der Waals surface area (Å²) < 4.78 is 0. The molecule has 0 bridgehead atoms. The molecule has 7 heteroatoms. The van der Waals surface area contributed by atoms with Crippen molar-refractivity contribution in [2.24, 2.45) is 0 Å². The maximum atomic E-state index is 11.9. The molecule has 0 spiro atoms. The Kier molecular flexibility index (Phi) is 3.60. The van der Waals surface area contributed by atoms with Crippen LogP contribution in [0.3, 0.4) is 0 Å². The monoisotopic (exact) mass is 273 g/mol. The molecule has 2 aromatic rings. The number of H-pyrrole nitrogens is 1. The predicted octanol–water partition coefficient (Wildman–Crippen LogP) is 1.84. The number of amides is 1. The number of nitrogens with one attached hydrogen (secondary N) is 2. The normalized spacial score (nSPS) is 10.1. The molecule has 0 aliphatic carbocycles. The van der Waals surface area contributed by atoms with Crippen LogP contribution in [0.1, 0.15) is 16.1 Å². The van der Waals surface area contributed by atoms with Crippen LogP contribution in [0.15, 0.2) is 41.3 Å². The van der Waals surface area contributed by atoms with Crippen molar-refractivity contribution in [3.8, 4) is 0 Å². The quantitative estimate of drug-likeness (QED) is 0.657. The first-order valence-corrected chi connectivity index (χ1v) is 5.72. The third-order valence-electron chi connectivity index (χ3n) is 2.64. The van der Waals surface area contributed by atoms with Gasteiger partial charge in [-0.2, -0.15) is 0 Å². The zero-order valence-corrected chi connectivity index (χ0v) is 10.5. The Balaban J connectivity index is 2.19. The second kappa shape index (κ2) is 5.35. The zero-order valence-electron chi connectivity index (χ0n) is 10.5. The van der Waals surface area contributed by atoms with Gasteiger partial charge < -0.3 is 10.3 Å². The maximum absolute atomic E-state index is 11.9. The van der Waals surface area contributed by atoms with E-state index >= 15 is 0 Å². The summed E-state index contributed by atoms with van der Waals surface area (Å²) in [5, 5.41) is 13.0. The number of carbonyl (C=O) groups is 1. The predicted molar refractivity (Wildman–Crippen MR) is 72.8 cm³/mol. The van der Waals surface area contributed by atoms with Crippen LogP contribution in [0.25, 0.3) is 0 Å². The van der Waals surface area contributed by atoms with Crippen LogP contribution in [0.2, 0.25) is 0 Å². The van der Waals surface area contributed by atoms with Crippen LogP contribution in [0, 0.1) is 17.0 Å². The molecule has 0 aliphatic rings. The van der Waals surface area contributed by atoms with Crippen molar-refractivity contribution in [3.05, 3.63) is 68.1 Å². The van der Waals surface area contributed by atoms with Gasteiger partial charge in [0.1, 0.15) is 5.56 Å². The minimum atomic E-state index is -0.569. The summed E-state index contributed by atoms with van der Waals surface area (Å²) in [6.07, 6.45) is 1.33. The third kappa shape index (κ3) is 2.89. The largest absolute Gasteiger partial charge is 0.364 e. The molecule has 1 aromatic carbocycles. The van der Waals surface area contributed by atoms with Gasteiger partial charge in [0.2, 0.25) is 0 Å². The van der Waals surface area contributed by atoms with Crippen LogP contribution in [0.4, 0.5) is 11.4 Å². The molecule has 0 aliphatic heterocycles. The number of aryl methyl sites for hydroxylation is 1. The second-order valence-corrected chi connectivity index (χ2v) is 4.15. The molecular formula is C13H11N3O4. The first-order valence-electron chi connectivity index (χ1n) is 5.72. The molecule has 0 saturated carbocycles. The summed E-state index contributed by atoms with van der Waals surface area (Å²) in [7, 11) is 0. The Morgan fingerprint density at radius 3 is 2.50 bits per heavy atom. The third-order valence-corrected chi connectivity index (χ3v) is 2.64. The fourth-order valence-electron chi connectivity index (χ4n) is 1.62. The van der Waals surface area contributed by atoms with Gasteiger partial charge in [0.15, 0.2) is 5.43 Å². The minimum absolute atomic E-state index is 0.0195. The Hall–Kier alpha value is -2.96. The Labute approximate surface area is 113 Å². The molecule has 7 nitrogen and oxygen atoms in total. The summed E-state index contributed by atoms with van der Waals surface area (Å²) in [5.41, 5.74) is 0.549. The lowest BCUT2D eigenvalue weighted by Gasteiger charge is -2.04. The van der Waals surface area contributed by atoms with E-state index in [0.717, 1.165) is 0 Å². The average molecular weight is 273 g/mol. The molecule has 0 atom stereocenters. The van der Waals surface area contributed by atoms with E-state index in [-0.39, 0.29) is 16.7 Å². The summed E-state index contributed by atoms with van der Waals surface area (Å²) in [6, 6.07) is 6.67. The summed E-state index contributed by atoms with van der Waals surface area (Å²) in [4.78, 5) is 36.3. The van der Waals surface area contributed by atoms with E-state index in [1.54, 1.807) is 6.92 Å². The number of anilines is 1. The van der Waals surface area contributed by atoms with Crippen molar-refractivity contribution in [1.82, 2.24) is 4.98 Å². The van der Waals surface area contributed by atoms with E-state index in [1.807, 2.05) is 0 Å². The Morgan fingerprint density at radius 2 is 1.95 bits per heavy atom. The first kappa shape index (κ1) is 13.5. The van der Waals surface area contributed by atoms with Gasteiger partial charge in [-0.25, -0.2) is 0 Å². The number of aromatic nitrogens is 1. The lowest BCUT2D eigenvalue weighted by molar-refractivity contribution is -0.384. The van der Waals surface area contributed by atoms with Crippen molar-refractivity contribution >= 4 is 17.3 Å². The molecule has 0 radical (unpaired) electrons. The van der Waals surface area contributed by atoms with Crippen molar-refractivity contribution in [2.75, 3.05) is 5.32 Å². The molecule has 2 N–H and O–H groups in total. The molecule has 1 heterocycles. The average Bonchev–Trinajstić information content (AvgIpc) is 2.39. The SMILES string of the molecule is Cc1cc(=O)c(C(=O)Nc2ccc([N+](=O)[O-])cc2)c[nH]1. The molecule has 0 unspecified atom stereocenters. The van der Waals surface area contributed by atoms with Crippen molar-refractivity contribution < 1.29 is 9.72 Å². The second-order valence-electron chi connectivity index (χ2n) is 4.15. The number of aromatic amines is 1. The van der Waals surface area contributed by atoms with E-state index in [0.29, 0.717) is 11.4 Å². The maximum Gasteiger partial charge on any atom is 0.269 e. The highest BCUT2D eigenvalue weighted by Crippen LogP contribution is 2.15. The number of benzene rings is 1. The topological polar surface area (TPSA) is 105 Å². The van der Waals surface area contributed by atoms with E-state index in [1.165, 1.54) is 36.5 Å². The highest BCUT2D eigenvalue weighted by molar-refractivity contribution is 6.04. The summed E-state index contributed by atoms with van der Waals surface area (Å²) >= 11 is 0. The molecule has 2 rings (SSSR count). The van der Waals surface area contributed by atoms with E-state index < -0.39 is 10.8 Å². The van der Waals surface area contributed by atoms with Gasteiger partial charge in [0.25, 0.3) is 11.6 Å². The van der Waals surface area contributed by atoms with Crippen molar-refractivity contribution in [1.29, 1.82) is 0 Å². The number of rotatable bonds is 3. The highest BCUT2D eigenvalue weighted by atomic mass is 16.6. The molecule has 1 aromatic heterocycles. The van der Waals surface area contributed by atoms with Crippen LogP contribution < -0.4 is 10.7 Å². The van der Waals surface area contributed by atoms with Gasteiger partial charge in [-0.05, 0) is 19.1 Å². The molecule has 102 valence electrons. The van der Waals surface area contributed by atoms with Gasteiger partial charge >= 0.3 is 0 Å². The number of carbonyl (C=O) groups excluding carboxylic acids is 1. The minimum Gasteiger partial charge on any atom is -0.364 e. The van der Waals surface area contributed by atoms with Crippen LogP contribution in [-0.4, -0.2) is 15.8 Å². The lowest BCUT2D eigenvalue weighted by atomic mass is 10.2. The smallest absolute Gasteiger partial charge is 0.269 e. The van der Waals surface area contributed by atoms with Gasteiger partial charge in [0.05, 0.1) is 4.92 Å². The van der Waals surface area contributed by atoms with Crippen LogP contribution >= 0.6 is 0 Å². The van der Waals surface area contributed by atoms with Crippen LogP contribution in [0.5, 0.6) is 0 Å². The standard InChI is InChI=1S/C13H11N3O4/c1-8-6-12(17)11(7-14-8)13(18)15-9-2-4-10(5-3-9)16(19)20/h2-7H,1H3,(H,14,17)(H,15,18).